The van der Waals surface area contributed by atoms with Gasteiger partial charge in [0.2, 0.25) is 11.5 Å². The molecule has 0 aliphatic carbocycles. The van der Waals surface area contributed by atoms with Gasteiger partial charge in [0, 0.05) is 28.3 Å². The lowest BCUT2D eigenvalue weighted by Gasteiger charge is -2.31. The zero-order valence-corrected chi connectivity index (χ0v) is 21.5. The number of amides is 2. The van der Waals surface area contributed by atoms with Crippen LogP contribution in [0.4, 0.5) is 26.3 Å². The molecule has 0 fully saturated rings. The summed E-state index contributed by atoms with van der Waals surface area (Å²) in [5, 5.41) is 16.9. The molecule has 2 atom stereocenters. The predicted molar refractivity (Wildman–Crippen MR) is 135 cm³/mol. The van der Waals surface area contributed by atoms with E-state index < -0.39 is 53.6 Å². The second-order valence-corrected chi connectivity index (χ2v) is 9.93. The molecule has 2 amide bonds. The third-order valence-corrected chi connectivity index (χ3v) is 7.12. The summed E-state index contributed by atoms with van der Waals surface area (Å²) in [5.41, 5.74) is -1.10. The first-order valence-electron chi connectivity index (χ1n) is 12.2. The molecule has 9 nitrogen and oxygen atoms in total. The van der Waals surface area contributed by atoms with Gasteiger partial charge in [-0.05, 0) is 55.5 Å². The first-order valence-corrected chi connectivity index (χ1v) is 12.2. The van der Waals surface area contributed by atoms with E-state index in [9.17, 15) is 41.0 Å². The third kappa shape index (κ3) is 4.78. The number of nitrogens with zero attached hydrogens (tertiary/aromatic N) is 3. The van der Waals surface area contributed by atoms with Crippen molar-refractivity contribution >= 4 is 22.7 Å². The Bertz CT molecular complexity index is 1710. The van der Waals surface area contributed by atoms with Gasteiger partial charge in [0.25, 0.3) is 5.91 Å². The van der Waals surface area contributed by atoms with Gasteiger partial charge in [-0.3, -0.25) is 9.59 Å². The standard InChI is InChI=1S/C27H21F6N5O4/c1-25(23(34)40)12-42-21-17(25)9-19(36-20(21)13-2-5-16(28)6-3-13)26(41,27(31,32)33)11-35-22(39)14-4-7-18-15(8-14)10-38(37-18)24(29)30/h2-10,24,41H,11-12H2,1H3,(H2,34,40)(H,35,39)/t25-,26?/m0/s1. The Morgan fingerprint density at radius 2 is 1.86 bits per heavy atom. The highest BCUT2D eigenvalue weighted by Gasteiger charge is 2.57. The smallest absolute Gasteiger partial charge is 0.424 e. The summed E-state index contributed by atoms with van der Waals surface area (Å²) in [6.45, 7) is -3.35. The summed E-state index contributed by atoms with van der Waals surface area (Å²) >= 11 is 0. The normalized spacial score (nSPS) is 18.0. The highest BCUT2D eigenvalue weighted by Crippen LogP contribution is 2.47. The molecule has 0 saturated heterocycles. The topological polar surface area (TPSA) is 132 Å². The molecule has 0 spiro atoms. The van der Waals surface area contributed by atoms with Crippen LogP contribution in [0.15, 0.2) is 54.7 Å². The van der Waals surface area contributed by atoms with Gasteiger partial charge in [-0.2, -0.15) is 27.1 Å². The quantitative estimate of drug-likeness (QED) is 0.278. The summed E-state index contributed by atoms with van der Waals surface area (Å²) in [7, 11) is 0. The molecule has 2 aromatic heterocycles. The molecule has 0 radical (unpaired) electrons. The van der Waals surface area contributed by atoms with Crippen molar-refractivity contribution < 1.29 is 45.8 Å². The number of carbonyl (C=O) groups excluding carboxylic acids is 2. The fourth-order valence-electron chi connectivity index (χ4n) is 4.53. The number of hydrogen-bond acceptors (Lipinski definition) is 6. The molecule has 3 heterocycles. The average molecular weight is 593 g/mol. The second kappa shape index (κ2) is 10.0. The maximum atomic E-state index is 14.5. The van der Waals surface area contributed by atoms with Crippen LogP contribution in [0.25, 0.3) is 22.2 Å². The molecular formula is C27H21F6N5O4. The van der Waals surface area contributed by atoms with Crippen molar-refractivity contribution in [1.29, 1.82) is 0 Å². The van der Waals surface area contributed by atoms with E-state index >= 15 is 0 Å². The van der Waals surface area contributed by atoms with Gasteiger partial charge in [0.15, 0.2) is 0 Å². The number of nitrogens with one attached hydrogen (secondary N) is 1. The molecule has 1 aliphatic rings. The Hall–Kier alpha value is -4.66. The lowest BCUT2D eigenvalue weighted by atomic mass is 9.81. The minimum Gasteiger partial charge on any atom is -0.489 e. The van der Waals surface area contributed by atoms with E-state index in [1.54, 1.807) is 0 Å². The number of primary amides is 1. The van der Waals surface area contributed by atoms with Crippen molar-refractivity contribution in [3.05, 3.63) is 77.4 Å². The van der Waals surface area contributed by atoms with Gasteiger partial charge in [-0.1, -0.05) is 0 Å². The van der Waals surface area contributed by atoms with E-state index in [-0.39, 0.29) is 45.6 Å². The zero-order valence-electron chi connectivity index (χ0n) is 21.5. The number of alkyl halides is 5. The van der Waals surface area contributed by atoms with Crippen LogP contribution in [0, 0.1) is 5.82 Å². The summed E-state index contributed by atoms with van der Waals surface area (Å²) in [4.78, 5) is 29.2. The SMILES string of the molecule is C[C@]1(C(N)=O)COc2c1cc(C(O)(CNC(=O)c1ccc3nn(C(F)F)cc3c1)C(F)(F)F)nc2-c1ccc(F)cc1. The molecule has 42 heavy (non-hydrogen) atoms. The van der Waals surface area contributed by atoms with Gasteiger partial charge in [0.05, 0.1) is 17.8 Å². The van der Waals surface area contributed by atoms with Gasteiger partial charge < -0.3 is 20.9 Å². The number of nitrogens with two attached hydrogens (primary N) is 1. The third-order valence-electron chi connectivity index (χ3n) is 7.12. The van der Waals surface area contributed by atoms with E-state index in [2.05, 4.69) is 10.1 Å². The first-order chi connectivity index (χ1) is 19.6. The van der Waals surface area contributed by atoms with E-state index in [4.69, 9.17) is 10.5 Å². The first kappa shape index (κ1) is 28.9. The van der Waals surface area contributed by atoms with Gasteiger partial charge in [-0.15, -0.1) is 0 Å². The number of benzene rings is 2. The van der Waals surface area contributed by atoms with Crippen LogP contribution in [-0.4, -0.2) is 51.0 Å². The zero-order chi connectivity index (χ0) is 30.6. The van der Waals surface area contributed by atoms with Crippen molar-refractivity contribution in [1.82, 2.24) is 20.1 Å². The van der Waals surface area contributed by atoms with Crippen LogP contribution >= 0.6 is 0 Å². The van der Waals surface area contributed by atoms with Crippen LogP contribution < -0.4 is 15.8 Å². The molecule has 4 N–H and O–H groups in total. The maximum Gasteiger partial charge on any atom is 0.424 e. The molecule has 1 unspecified atom stereocenters. The van der Waals surface area contributed by atoms with Crippen molar-refractivity contribution in [2.45, 2.75) is 30.7 Å². The van der Waals surface area contributed by atoms with Gasteiger partial charge >= 0.3 is 12.7 Å². The van der Waals surface area contributed by atoms with Gasteiger partial charge in [-0.25, -0.2) is 14.1 Å². The molecule has 4 aromatic rings. The van der Waals surface area contributed by atoms with E-state index in [0.29, 0.717) is 4.68 Å². The number of pyridine rings is 1. The number of halogens is 6. The second-order valence-electron chi connectivity index (χ2n) is 9.93. The number of aliphatic hydroxyl groups is 1. The van der Waals surface area contributed by atoms with Crippen LogP contribution in [0.5, 0.6) is 5.75 Å². The largest absolute Gasteiger partial charge is 0.489 e. The Labute approximate surface area is 232 Å². The Morgan fingerprint density at radius 1 is 1.17 bits per heavy atom. The maximum absolute atomic E-state index is 14.5. The lowest BCUT2D eigenvalue weighted by molar-refractivity contribution is -0.265. The number of aromatic nitrogens is 3. The highest BCUT2D eigenvalue weighted by molar-refractivity contribution is 5.98. The minimum absolute atomic E-state index is 0.0714. The summed E-state index contributed by atoms with van der Waals surface area (Å²) < 4.78 is 89.0. The van der Waals surface area contributed by atoms with E-state index in [0.717, 1.165) is 30.5 Å². The van der Waals surface area contributed by atoms with Crippen molar-refractivity contribution in [3.63, 3.8) is 0 Å². The summed E-state index contributed by atoms with van der Waals surface area (Å²) in [5.74, 6) is -2.69. The number of carbonyl (C=O) groups is 2. The molecule has 220 valence electrons. The number of fused-ring (bicyclic) bond motifs is 2. The van der Waals surface area contributed by atoms with E-state index in [1.807, 2.05) is 5.32 Å². The molecule has 5 rings (SSSR count). The van der Waals surface area contributed by atoms with Crippen molar-refractivity contribution in [2.24, 2.45) is 5.73 Å². The minimum atomic E-state index is -5.41. The predicted octanol–water partition coefficient (Wildman–Crippen LogP) is 3.95. The highest BCUT2D eigenvalue weighted by atomic mass is 19.4. The number of hydrogen-bond donors (Lipinski definition) is 3. The molecule has 2 aromatic carbocycles. The van der Waals surface area contributed by atoms with Gasteiger partial charge in [0.1, 0.15) is 29.3 Å². The molecule has 15 heteroatoms. The van der Waals surface area contributed by atoms with Crippen molar-refractivity contribution in [2.75, 3.05) is 13.2 Å². The molecular weight excluding hydrogens is 572 g/mol. The fourth-order valence-corrected chi connectivity index (χ4v) is 4.53. The lowest BCUT2D eigenvalue weighted by Crippen LogP contribution is -2.51. The van der Waals surface area contributed by atoms with Crippen LogP contribution in [-0.2, 0) is 15.8 Å². The Morgan fingerprint density at radius 3 is 2.48 bits per heavy atom. The monoisotopic (exact) mass is 593 g/mol. The average Bonchev–Trinajstić information content (AvgIpc) is 3.53. The summed E-state index contributed by atoms with van der Waals surface area (Å²) in [6, 6.07) is 8.93. The Balaban J connectivity index is 1.56. The summed E-state index contributed by atoms with van der Waals surface area (Å²) in [6.07, 6.45) is -4.45. The van der Waals surface area contributed by atoms with Crippen molar-refractivity contribution in [3.8, 4) is 17.0 Å². The van der Waals surface area contributed by atoms with E-state index in [1.165, 1.54) is 31.2 Å². The molecule has 0 saturated carbocycles. The number of rotatable bonds is 7. The van der Waals surface area contributed by atoms with Crippen LogP contribution in [0.3, 0.4) is 0 Å². The Kier molecular flexibility index (Phi) is 6.88. The van der Waals surface area contributed by atoms with Crippen LogP contribution in [0.2, 0.25) is 0 Å². The number of ether oxygens (including phenoxy) is 1. The molecule has 1 aliphatic heterocycles. The molecule has 0 bridgehead atoms. The fraction of sp³-hybridized carbons (Fsp3) is 0.259. The van der Waals surface area contributed by atoms with Crippen LogP contribution in [0.1, 0.15) is 35.1 Å².